The zero-order chi connectivity index (χ0) is 7.56. The minimum Gasteiger partial charge on any atom is -0.246 e. The normalized spacial score (nSPS) is 9.00. The highest BCUT2D eigenvalue weighted by Gasteiger charge is 1.99. The van der Waals surface area contributed by atoms with Crippen molar-refractivity contribution < 1.29 is 0 Å². The van der Waals surface area contributed by atoms with Gasteiger partial charge in [-0.2, -0.15) is 4.98 Å². The lowest BCUT2D eigenvalue weighted by atomic mass is 11.0. The molecule has 0 N–H and O–H groups in total. The highest BCUT2D eigenvalue weighted by molar-refractivity contribution is 9.10. The van der Waals surface area contributed by atoms with E-state index in [2.05, 4.69) is 36.0 Å². The van der Waals surface area contributed by atoms with Gasteiger partial charge in [0.25, 0.3) is 0 Å². The summed E-state index contributed by atoms with van der Waals surface area (Å²) in [6.45, 7) is 0. The Bertz CT molecular complexity index is 283. The van der Waals surface area contributed by atoms with Gasteiger partial charge in [0.15, 0.2) is 0 Å². The standard InChI is InChI=1S/C3H3BrN6/c1-10-3(7-9-5)6-2(4)8-10/h1H3. The van der Waals surface area contributed by atoms with E-state index in [1.165, 1.54) is 4.68 Å². The lowest BCUT2D eigenvalue weighted by Gasteiger charge is -1.85. The van der Waals surface area contributed by atoms with Crippen molar-refractivity contribution in [2.24, 2.45) is 12.2 Å². The number of hydrogen-bond acceptors (Lipinski definition) is 3. The molecule has 0 aromatic carbocycles. The number of rotatable bonds is 1. The van der Waals surface area contributed by atoms with Crippen molar-refractivity contribution in [1.82, 2.24) is 14.8 Å². The molecule has 0 amide bonds. The summed E-state index contributed by atoms with van der Waals surface area (Å²) in [4.78, 5) is 6.31. The second-order valence-corrected chi connectivity index (χ2v) is 2.20. The van der Waals surface area contributed by atoms with Crippen LogP contribution in [0.3, 0.4) is 0 Å². The summed E-state index contributed by atoms with van der Waals surface area (Å²) in [5.41, 5.74) is 8.02. The van der Waals surface area contributed by atoms with E-state index in [9.17, 15) is 0 Å². The van der Waals surface area contributed by atoms with Crippen LogP contribution in [-0.2, 0) is 7.05 Å². The van der Waals surface area contributed by atoms with E-state index in [0.29, 0.717) is 4.73 Å². The summed E-state index contributed by atoms with van der Waals surface area (Å²) < 4.78 is 1.79. The van der Waals surface area contributed by atoms with Crippen LogP contribution in [0.2, 0.25) is 0 Å². The van der Waals surface area contributed by atoms with Crippen molar-refractivity contribution in [3.63, 3.8) is 0 Å². The summed E-state index contributed by atoms with van der Waals surface area (Å²) in [6, 6.07) is 0. The molecular formula is C3H3BrN6. The summed E-state index contributed by atoms with van der Waals surface area (Å²) in [7, 11) is 1.64. The third kappa shape index (κ3) is 1.26. The molecule has 0 unspecified atom stereocenters. The first-order chi connectivity index (χ1) is 4.74. The molecule has 0 aliphatic rings. The molecule has 1 aromatic heterocycles. The average molecular weight is 203 g/mol. The van der Waals surface area contributed by atoms with Crippen LogP contribution in [-0.4, -0.2) is 14.8 Å². The Hall–Kier alpha value is -1.07. The second-order valence-electron chi connectivity index (χ2n) is 1.49. The van der Waals surface area contributed by atoms with Gasteiger partial charge in [-0.1, -0.05) is 0 Å². The highest BCUT2D eigenvalue weighted by Crippen LogP contribution is 2.10. The van der Waals surface area contributed by atoms with Crippen LogP contribution in [0.5, 0.6) is 0 Å². The second kappa shape index (κ2) is 2.68. The van der Waals surface area contributed by atoms with E-state index in [-0.39, 0.29) is 5.95 Å². The van der Waals surface area contributed by atoms with Crippen molar-refractivity contribution in [2.45, 2.75) is 0 Å². The fourth-order valence-electron chi connectivity index (χ4n) is 0.473. The van der Waals surface area contributed by atoms with Crippen LogP contribution in [0.25, 0.3) is 10.4 Å². The molecule has 6 nitrogen and oxygen atoms in total. The summed E-state index contributed by atoms with van der Waals surface area (Å²) in [6.07, 6.45) is 0. The largest absolute Gasteiger partial charge is 0.246 e. The minimum absolute atomic E-state index is 0.245. The number of nitrogens with zero attached hydrogens (tertiary/aromatic N) is 6. The van der Waals surface area contributed by atoms with Crippen LogP contribution in [0, 0.1) is 0 Å². The third-order valence-corrected chi connectivity index (χ3v) is 1.18. The van der Waals surface area contributed by atoms with Gasteiger partial charge in [0, 0.05) is 12.0 Å². The van der Waals surface area contributed by atoms with E-state index < -0.39 is 0 Å². The molecule has 0 spiro atoms. The molecule has 1 rings (SSSR count). The number of azide groups is 1. The van der Waals surface area contributed by atoms with Gasteiger partial charge in [-0.05, 0) is 26.6 Å². The summed E-state index contributed by atoms with van der Waals surface area (Å²) in [5, 5.41) is 7.05. The topological polar surface area (TPSA) is 79.5 Å². The van der Waals surface area contributed by atoms with Crippen molar-refractivity contribution in [3.05, 3.63) is 15.2 Å². The van der Waals surface area contributed by atoms with Crippen LogP contribution in [0.15, 0.2) is 9.85 Å². The molecule has 0 saturated heterocycles. The van der Waals surface area contributed by atoms with Gasteiger partial charge >= 0.3 is 0 Å². The van der Waals surface area contributed by atoms with E-state index >= 15 is 0 Å². The van der Waals surface area contributed by atoms with Crippen LogP contribution in [0.1, 0.15) is 0 Å². The maximum absolute atomic E-state index is 8.02. The first-order valence-electron chi connectivity index (χ1n) is 2.35. The lowest BCUT2D eigenvalue weighted by molar-refractivity contribution is 0.761. The van der Waals surface area contributed by atoms with Crippen molar-refractivity contribution in [2.75, 3.05) is 0 Å². The van der Waals surface area contributed by atoms with Gasteiger partial charge in [-0.3, -0.25) is 0 Å². The van der Waals surface area contributed by atoms with Gasteiger partial charge in [0.2, 0.25) is 10.7 Å². The fraction of sp³-hybridized carbons (Fsp3) is 0.333. The van der Waals surface area contributed by atoms with Crippen LogP contribution in [0.4, 0.5) is 5.95 Å². The molecule has 0 atom stereocenters. The first kappa shape index (κ1) is 7.04. The van der Waals surface area contributed by atoms with E-state index in [1.807, 2.05) is 0 Å². The zero-order valence-corrected chi connectivity index (χ0v) is 6.65. The lowest BCUT2D eigenvalue weighted by Crippen LogP contribution is -1.87. The van der Waals surface area contributed by atoms with E-state index in [0.717, 1.165) is 0 Å². The van der Waals surface area contributed by atoms with Gasteiger partial charge in [-0.15, -0.1) is 5.10 Å². The first-order valence-corrected chi connectivity index (χ1v) is 3.15. The fourth-order valence-corrected chi connectivity index (χ4v) is 0.869. The van der Waals surface area contributed by atoms with Crippen LogP contribution < -0.4 is 0 Å². The average Bonchev–Trinajstić information content (AvgIpc) is 2.13. The van der Waals surface area contributed by atoms with E-state index in [1.54, 1.807) is 7.05 Å². The van der Waals surface area contributed by atoms with Gasteiger partial charge in [0.1, 0.15) is 0 Å². The number of hydrogen-bond donors (Lipinski definition) is 0. The van der Waals surface area contributed by atoms with Gasteiger partial charge < -0.3 is 0 Å². The highest BCUT2D eigenvalue weighted by atomic mass is 79.9. The molecule has 0 aliphatic carbocycles. The van der Waals surface area contributed by atoms with Crippen LogP contribution >= 0.6 is 15.9 Å². The quantitative estimate of drug-likeness (QED) is 0.394. The van der Waals surface area contributed by atoms with Gasteiger partial charge in [-0.25, -0.2) is 4.68 Å². The predicted molar refractivity (Wildman–Crippen MR) is 37.5 cm³/mol. The van der Waals surface area contributed by atoms with Crippen molar-refractivity contribution in [3.8, 4) is 0 Å². The van der Waals surface area contributed by atoms with Gasteiger partial charge in [0.05, 0.1) is 0 Å². The molecule has 0 saturated carbocycles. The Morgan fingerprint density at radius 2 is 2.50 bits per heavy atom. The maximum atomic E-state index is 8.02. The molecule has 7 heteroatoms. The number of aryl methyl sites for hydroxylation is 1. The molecule has 10 heavy (non-hydrogen) atoms. The smallest absolute Gasteiger partial charge is 0.217 e. The molecule has 0 radical (unpaired) electrons. The Morgan fingerprint density at radius 3 is 2.90 bits per heavy atom. The third-order valence-electron chi connectivity index (χ3n) is 0.848. The number of halogens is 1. The zero-order valence-electron chi connectivity index (χ0n) is 5.06. The maximum Gasteiger partial charge on any atom is 0.217 e. The minimum atomic E-state index is 0.245. The summed E-state index contributed by atoms with van der Waals surface area (Å²) in [5.74, 6) is 0.245. The molecule has 0 fully saturated rings. The Labute approximate surface area is 64.6 Å². The number of aromatic nitrogens is 3. The Kier molecular flexibility index (Phi) is 1.88. The molecule has 1 heterocycles. The SMILES string of the molecule is Cn1nc(Br)nc1N=[N+]=[N-]. The van der Waals surface area contributed by atoms with E-state index in [4.69, 9.17) is 5.53 Å². The molecule has 0 aliphatic heterocycles. The van der Waals surface area contributed by atoms with Crippen molar-refractivity contribution in [1.29, 1.82) is 0 Å². The molecule has 1 aromatic rings. The molecular weight excluding hydrogens is 200 g/mol. The Morgan fingerprint density at radius 1 is 1.80 bits per heavy atom. The molecule has 52 valence electrons. The van der Waals surface area contributed by atoms with Crippen molar-refractivity contribution >= 4 is 21.9 Å². The monoisotopic (exact) mass is 202 g/mol. The molecule has 0 bridgehead atoms. The Balaban J connectivity index is 3.14. The predicted octanol–water partition coefficient (Wildman–Crippen LogP) is 1.52. The summed E-state index contributed by atoms with van der Waals surface area (Å²) >= 11 is 3.03.